The lowest BCUT2D eigenvalue weighted by atomic mass is 10.0. The average molecular weight is 494 g/mol. The van der Waals surface area contributed by atoms with Gasteiger partial charge in [0.05, 0.1) is 12.7 Å². The molecule has 3 aromatic carbocycles. The van der Waals surface area contributed by atoms with Crippen LogP contribution < -0.4 is 9.47 Å². The van der Waals surface area contributed by atoms with Gasteiger partial charge in [-0.1, -0.05) is 48.5 Å². The molecule has 0 aromatic heterocycles. The Labute approximate surface area is 212 Å². The summed E-state index contributed by atoms with van der Waals surface area (Å²) in [5.41, 5.74) is 1.53. The van der Waals surface area contributed by atoms with E-state index in [0.29, 0.717) is 36.6 Å². The Bertz CT molecular complexity index is 977. The molecular weight excluding hydrogens is 458 g/mol. The number of carbonyl (C=O) groups is 1. The highest BCUT2D eigenvalue weighted by molar-refractivity contribution is 5.89. The quantitative estimate of drug-likeness (QED) is 0.332. The topological polar surface area (TPSA) is 88.5 Å². The Kier molecular flexibility index (Phi) is 10.8. The molecule has 192 valence electrons. The van der Waals surface area contributed by atoms with Gasteiger partial charge in [0.1, 0.15) is 36.9 Å². The first-order valence-electron chi connectivity index (χ1n) is 12.1. The van der Waals surface area contributed by atoms with Crippen molar-refractivity contribution in [3.63, 3.8) is 0 Å². The molecule has 7 heteroatoms. The lowest BCUT2D eigenvalue weighted by Gasteiger charge is -2.32. The highest BCUT2D eigenvalue weighted by Gasteiger charge is 2.22. The summed E-state index contributed by atoms with van der Waals surface area (Å²) < 4.78 is 16.2. The minimum absolute atomic E-state index is 0.00766. The molecule has 0 unspecified atom stereocenters. The normalized spacial score (nSPS) is 13.6. The first-order valence-corrected chi connectivity index (χ1v) is 12.1. The van der Waals surface area contributed by atoms with Crippen molar-refractivity contribution in [3.05, 3.63) is 96.1 Å². The number of hydrogen-bond acceptors (Lipinski definition) is 7. The number of hydrogen-bond donors (Lipinski definition) is 2. The van der Waals surface area contributed by atoms with E-state index in [9.17, 15) is 15.0 Å². The van der Waals surface area contributed by atoms with Crippen LogP contribution in [0.1, 0.15) is 22.8 Å². The first-order chi connectivity index (χ1) is 17.4. The van der Waals surface area contributed by atoms with Gasteiger partial charge in [-0.3, -0.25) is 4.90 Å². The second-order valence-electron chi connectivity index (χ2n) is 8.75. The minimum Gasteiger partial charge on any atom is -0.491 e. The molecule has 0 fully saturated rings. The molecule has 0 heterocycles. The maximum Gasteiger partial charge on any atom is 0.337 e. The van der Waals surface area contributed by atoms with Crippen molar-refractivity contribution >= 4 is 5.97 Å². The third-order valence-electron chi connectivity index (χ3n) is 5.79. The summed E-state index contributed by atoms with van der Waals surface area (Å²) in [6, 6.07) is 26.0. The third kappa shape index (κ3) is 9.00. The van der Waals surface area contributed by atoms with E-state index in [4.69, 9.17) is 14.2 Å². The van der Waals surface area contributed by atoms with Crippen molar-refractivity contribution in [1.82, 2.24) is 4.90 Å². The van der Waals surface area contributed by atoms with Gasteiger partial charge in [-0.15, -0.1) is 0 Å². The lowest BCUT2D eigenvalue weighted by Crippen LogP contribution is -2.46. The van der Waals surface area contributed by atoms with Crippen LogP contribution in [0.3, 0.4) is 0 Å². The molecule has 0 aliphatic rings. The molecule has 0 bridgehead atoms. The fourth-order valence-corrected chi connectivity index (χ4v) is 3.86. The van der Waals surface area contributed by atoms with Crippen LogP contribution in [0.2, 0.25) is 0 Å². The Morgan fingerprint density at radius 1 is 0.778 bits per heavy atom. The first kappa shape index (κ1) is 27.2. The van der Waals surface area contributed by atoms with E-state index in [1.165, 1.54) is 7.11 Å². The highest BCUT2D eigenvalue weighted by atomic mass is 16.5. The summed E-state index contributed by atoms with van der Waals surface area (Å²) in [6.07, 6.45) is -0.840. The van der Waals surface area contributed by atoms with Crippen LogP contribution in [0.4, 0.5) is 0 Å². The van der Waals surface area contributed by atoms with Gasteiger partial charge in [-0.2, -0.15) is 0 Å². The number of methoxy groups -OCH3 is 1. The lowest BCUT2D eigenvalue weighted by molar-refractivity contribution is 0.0167. The van der Waals surface area contributed by atoms with Crippen molar-refractivity contribution in [2.75, 3.05) is 33.4 Å². The summed E-state index contributed by atoms with van der Waals surface area (Å²) in [4.78, 5) is 13.8. The summed E-state index contributed by atoms with van der Waals surface area (Å²) in [6.45, 7) is 2.95. The van der Waals surface area contributed by atoms with Gasteiger partial charge >= 0.3 is 5.97 Å². The van der Waals surface area contributed by atoms with Crippen molar-refractivity contribution < 1.29 is 29.2 Å². The molecule has 3 atom stereocenters. The van der Waals surface area contributed by atoms with E-state index in [-0.39, 0.29) is 25.2 Å². The molecule has 2 N–H and O–H groups in total. The monoisotopic (exact) mass is 493 g/mol. The number of aliphatic hydroxyl groups is 2. The van der Waals surface area contributed by atoms with E-state index >= 15 is 0 Å². The second kappa shape index (κ2) is 14.2. The fourth-order valence-electron chi connectivity index (χ4n) is 3.86. The van der Waals surface area contributed by atoms with Crippen molar-refractivity contribution in [2.45, 2.75) is 31.6 Å². The van der Waals surface area contributed by atoms with Crippen LogP contribution in [-0.2, 0) is 11.2 Å². The molecule has 36 heavy (non-hydrogen) atoms. The molecule has 0 saturated carbocycles. The number of rotatable bonds is 14. The summed E-state index contributed by atoms with van der Waals surface area (Å²) in [7, 11) is 1.36. The van der Waals surface area contributed by atoms with Crippen LogP contribution in [-0.4, -0.2) is 72.7 Å². The van der Waals surface area contributed by atoms with E-state index < -0.39 is 12.2 Å². The number of nitrogens with zero attached hydrogens (tertiary/aromatic N) is 1. The molecule has 0 amide bonds. The van der Waals surface area contributed by atoms with Crippen molar-refractivity contribution in [2.24, 2.45) is 0 Å². The van der Waals surface area contributed by atoms with Gasteiger partial charge in [-0.05, 0) is 55.3 Å². The largest absolute Gasteiger partial charge is 0.491 e. The van der Waals surface area contributed by atoms with Crippen LogP contribution in [0.25, 0.3) is 0 Å². The van der Waals surface area contributed by atoms with E-state index in [2.05, 4.69) is 0 Å². The van der Waals surface area contributed by atoms with Gasteiger partial charge < -0.3 is 24.4 Å². The highest BCUT2D eigenvalue weighted by Crippen LogP contribution is 2.15. The van der Waals surface area contributed by atoms with E-state index in [1.807, 2.05) is 84.6 Å². The third-order valence-corrected chi connectivity index (χ3v) is 5.79. The number of benzene rings is 3. The molecule has 7 nitrogen and oxygen atoms in total. The van der Waals surface area contributed by atoms with Crippen LogP contribution >= 0.6 is 0 Å². The predicted molar refractivity (Wildman–Crippen MR) is 138 cm³/mol. The zero-order chi connectivity index (χ0) is 25.8. The van der Waals surface area contributed by atoms with Gasteiger partial charge in [0.15, 0.2) is 0 Å². The smallest absolute Gasteiger partial charge is 0.337 e. The second-order valence-corrected chi connectivity index (χ2v) is 8.75. The van der Waals surface area contributed by atoms with Crippen LogP contribution in [0, 0.1) is 0 Å². The fraction of sp³-hybridized carbons (Fsp3) is 0.345. The molecule has 0 aliphatic carbocycles. The van der Waals surface area contributed by atoms with Gasteiger partial charge in [-0.25, -0.2) is 4.79 Å². The molecule has 0 aliphatic heterocycles. The predicted octanol–water partition coefficient (Wildman–Crippen LogP) is 3.59. The van der Waals surface area contributed by atoms with E-state index in [0.717, 1.165) is 5.56 Å². The molecule has 0 saturated heterocycles. The number of aliphatic hydroxyl groups excluding tert-OH is 2. The Hall–Kier alpha value is -3.39. The zero-order valence-electron chi connectivity index (χ0n) is 20.8. The van der Waals surface area contributed by atoms with Gasteiger partial charge in [0.2, 0.25) is 0 Å². The zero-order valence-corrected chi connectivity index (χ0v) is 20.8. The van der Waals surface area contributed by atoms with Gasteiger partial charge in [0, 0.05) is 19.1 Å². The van der Waals surface area contributed by atoms with Gasteiger partial charge in [0.25, 0.3) is 0 Å². The van der Waals surface area contributed by atoms with Crippen molar-refractivity contribution in [1.29, 1.82) is 0 Å². The Morgan fingerprint density at radius 3 is 1.69 bits per heavy atom. The molecule has 3 rings (SSSR count). The standard InChI is InChI=1S/C29H35NO6/c1-22(17-23-13-15-24(16-14-23)29(33)34-2)30(18-25(31)20-35-27-9-5-3-6-10-27)19-26(32)21-36-28-11-7-4-8-12-28/h3-16,22,25-26,31-32H,17-21H2,1-2H3/t22-,25-,26-/m1/s1. The Morgan fingerprint density at radius 2 is 1.25 bits per heavy atom. The van der Waals surface area contributed by atoms with Crippen molar-refractivity contribution in [3.8, 4) is 11.5 Å². The van der Waals surface area contributed by atoms with Crippen LogP contribution in [0.5, 0.6) is 11.5 Å². The van der Waals surface area contributed by atoms with E-state index in [1.54, 1.807) is 12.1 Å². The molecule has 0 spiro atoms. The summed E-state index contributed by atoms with van der Waals surface area (Å²) in [5.74, 6) is 1.01. The summed E-state index contributed by atoms with van der Waals surface area (Å²) >= 11 is 0. The molecule has 0 radical (unpaired) electrons. The molecular formula is C29H35NO6. The maximum atomic E-state index is 11.7. The number of para-hydroxylation sites is 2. The SMILES string of the molecule is COC(=O)c1ccc(C[C@@H](C)N(C[C@@H](O)COc2ccccc2)C[C@@H](O)COc2ccccc2)cc1. The molecule has 3 aromatic rings. The number of esters is 1. The maximum absolute atomic E-state index is 11.7. The number of ether oxygens (including phenoxy) is 3. The average Bonchev–Trinajstić information content (AvgIpc) is 2.91. The number of carbonyl (C=O) groups excluding carboxylic acids is 1. The Balaban J connectivity index is 1.61. The minimum atomic E-state index is -0.753. The van der Waals surface area contributed by atoms with Crippen LogP contribution in [0.15, 0.2) is 84.9 Å². The summed E-state index contributed by atoms with van der Waals surface area (Å²) in [5, 5.41) is 21.4.